The summed E-state index contributed by atoms with van der Waals surface area (Å²) in [7, 11) is 0. The van der Waals surface area contributed by atoms with E-state index in [4.69, 9.17) is 0 Å². The normalized spacial score (nSPS) is 24.2. The molecule has 126 valence electrons. The standard InChI is InChI=1S/C20H20N4O/c1-13-8-16-11-17(9-13)24(16)20(25)23-15-6-5-14(12-21)18(10-15)19-4-2-3-7-22-19/h2-7,10,13,16-17H,8-9,11H2,1H3,(H,23,25)/t13?,16-,17?/m0/s1. The van der Waals surface area contributed by atoms with Gasteiger partial charge in [-0.25, -0.2) is 4.79 Å². The quantitative estimate of drug-likeness (QED) is 0.903. The lowest BCUT2D eigenvalue weighted by atomic mass is 9.74. The van der Waals surface area contributed by atoms with E-state index in [-0.39, 0.29) is 6.03 Å². The number of rotatable bonds is 2. The number of fused-ring (bicyclic) bond motifs is 2. The predicted octanol–water partition coefficient (Wildman–Crippen LogP) is 4.02. The average molecular weight is 332 g/mol. The molecule has 2 unspecified atom stereocenters. The first-order chi connectivity index (χ1) is 12.2. The van der Waals surface area contributed by atoms with Crippen molar-refractivity contribution in [3.05, 3.63) is 48.2 Å². The summed E-state index contributed by atoms with van der Waals surface area (Å²) in [6.45, 7) is 2.26. The first-order valence-corrected chi connectivity index (χ1v) is 8.70. The summed E-state index contributed by atoms with van der Waals surface area (Å²) in [6.07, 6.45) is 5.02. The van der Waals surface area contributed by atoms with Gasteiger partial charge in [-0.05, 0) is 55.5 Å². The number of pyridine rings is 1. The Bertz CT molecular complexity index is 831. The van der Waals surface area contributed by atoms with Gasteiger partial charge in [0.2, 0.25) is 0 Å². The molecule has 3 aliphatic rings. The zero-order valence-corrected chi connectivity index (χ0v) is 14.1. The molecule has 5 nitrogen and oxygen atoms in total. The van der Waals surface area contributed by atoms with Crippen LogP contribution in [0.5, 0.6) is 0 Å². The van der Waals surface area contributed by atoms with Crippen molar-refractivity contribution in [3.8, 4) is 17.3 Å². The number of aromatic nitrogens is 1. The van der Waals surface area contributed by atoms with Crippen molar-refractivity contribution in [1.82, 2.24) is 9.88 Å². The molecule has 0 radical (unpaired) electrons. The van der Waals surface area contributed by atoms with Gasteiger partial charge in [-0.2, -0.15) is 5.26 Å². The van der Waals surface area contributed by atoms with Crippen LogP contribution in [0.2, 0.25) is 0 Å². The molecule has 1 aromatic carbocycles. The van der Waals surface area contributed by atoms with Crippen molar-refractivity contribution < 1.29 is 4.79 Å². The first kappa shape index (κ1) is 15.6. The smallest absolute Gasteiger partial charge is 0.318 e. The molecule has 2 aromatic rings. The maximum absolute atomic E-state index is 12.7. The molecule has 0 spiro atoms. The summed E-state index contributed by atoms with van der Waals surface area (Å²) < 4.78 is 0. The van der Waals surface area contributed by atoms with Gasteiger partial charge < -0.3 is 10.2 Å². The molecular weight excluding hydrogens is 312 g/mol. The Morgan fingerprint density at radius 2 is 2.04 bits per heavy atom. The van der Waals surface area contributed by atoms with Crippen molar-refractivity contribution >= 4 is 11.7 Å². The van der Waals surface area contributed by atoms with Crippen molar-refractivity contribution in [2.24, 2.45) is 5.92 Å². The Labute approximate surface area is 147 Å². The second-order valence-corrected chi connectivity index (χ2v) is 7.04. The molecule has 3 atom stereocenters. The first-order valence-electron chi connectivity index (χ1n) is 8.70. The number of hydrogen-bond acceptors (Lipinski definition) is 3. The van der Waals surface area contributed by atoms with Crippen LogP contribution in [0.1, 0.15) is 31.7 Å². The van der Waals surface area contributed by atoms with Gasteiger partial charge in [0.15, 0.2) is 0 Å². The molecule has 3 heterocycles. The number of carbonyl (C=O) groups is 1. The number of benzene rings is 1. The number of piperidine rings is 1. The Morgan fingerprint density at radius 1 is 1.24 bits per heavy atom. The van der Waals surface area contributed by atoms with Crippen molar-refractivity contribution in [2.75, 3.05) is 5.32 Å². The number of nitrogens with one attached hydrogen (secondary N) is 1. The summed E-state index contributed by atoms with van der Waals surface area (Å²) in [5.41, 5.74) is 2.71. The van der Waals surface area contributed by atoms with Gasteiger partial charge in [-0.3, -0.25) is 4.98 Å². The van der Waals surface area contributed by atoms with Crippen molar-refractivity contribution in [1.29, 1.82) is 5.26 Å². The summed E-state index contributed by atoms with van der Waals surface area (Å²) >= 11 is 0. The molecule has 1 N–H and O–H groups in total. The van der Waals surface area contributed by atoms with E-state index < -0.39 is 0 Å². The Hall–Kier alpha value is -2.87. The van der Waals surface area contributed by atoms with Gasteiger partial charge in [-0.15, -0.1) is 0 Å². The van der Waals surface area contributed by atoms with E-state index in [1.165, 1.54) is 0 Å². The van der Waals surface area contributed by atoms with Gasteiger partial charge in [0.25, 0.3) is 0 Å². The Kier molecular flexibility index (Phi) is 3.89. The van der Waals surface area contributed by atoms with Crippen LogP contribution in [0.3, 0.4) is 0 Å². The maximum atomic E-state index is 12.7. The lowest BCUT2D eigenvalue weighted by molar-refractivity contribution is -0.00600. The molecule has 3 fully saturated rings. The number of nitrogens with zero attached hydrogens (tertiary/aromatic N) is 3. The van der Waals surface area contributed by atoms with Crippen LogP contribution in [0.4, 0.5) is 10.5 Å². The average Bonchev–Trinajstić information content (AvgIpc) is 2.62. The minimum Gasteiger partial charge on any atom is -0.318 e. The fourth-order valence-corrected chi connectivity index (χ4v) is 4.12. The fraction of sp³-hybridized carbons (Fsp3) is 0.350. The molecule has 1 saturated carbocycles. The summed E-state index contributed by atoms with van der Waals surface area (Å²) in [4.78, 5) is 19.0. The lowest BCUT2D eigenvalue weighted by Crippen LogP contribution is -2.63. The van der Waals surface area contributed by atoms with Crippen LogP contribution in [0, 0.1) is 17.2 Å². The molecular formula is C20H20N4O. The number of carbonyl (C=O) groups excluding carboxylic acids is 1. The third kappa shape index (κ3) is 2.85. The zero-order chi connectivity index (χ0) is 17.4. The van der Waals surface area contributed by atoms with Crippen LogP contribution in [-0.2, 0) is 0 Å². The molecule has 5 rings (SSSR count). The number of urea groups is 1. The highest BCUT2D eigenvalue weighted by Crippen LogP contribution is 2.41. The van der Waals surface area contributed by atoms with Gasteiger partial charge in [0.05, 0.1) is 17.3 Å². The van der Waals surface area contributed by atoms with Crippen molar-refractivity contribution in [2.45, 2.75) is 38.3 Å². The van der Waals surface area contributed by atoms with Crippen LogP contribution < -0.4 is 5.32 Å². The zero-order valence-electron chi connectivity index (χ0n) is 14.1. The molecule has 1 aromatic heterocycles. The molecule has 2 bridgehead atoms. The topological polar surface area (TPSA) is 69.0 Å². The largest absolute Gasteiger partial charge is 0.322 e. The third-order valence-electron chi connectivity index (χ3n) is 5.25. The predicted molar refractivity (Wildman–Crippen MR) is 95.8 cm³/mol. The van der Waals surface area contributed by atoms with E-state index in [9.17, 15) is 10.1 Å². The molecule has 1 aliphatic carbocycles. The van der Waals surface area contributed by atoms with Gasteiger partial charge in [-0.1, -0.05) is 13.0 Å². The third-order valence-corrected chi connectivity index (χ3v) is 5.25. The van der Waals surface area contributed by atoms with E-state index in [0.717, 1.165) is 30.5 Å². The second-order valence-electron chi connectivity index (χ2n) is 7.04. The van der Waals surface area contributed by atoms with E-state index in [1.807, 2.05) is 29.2 Å². The van der Waals surface area contributed by atoms with E-state index >= 15 is 0 Å². The maximum Gasteiger partial charge on any atom is 0.322 e. The number of anilines is 1. The highest BCUT2D eigenvalue weighted by molar-refractivity contribution is 5.91. The van der Waals surface area contributed by atoms with E-state index in [0.29, 0.717) is 29.3 Å². The minimum atomic E-state index is -0.0372. The summed E-state index contributed by atoms with van der Waals surface area (Å²) in [5.74, 6) is 0.707. The van der Waals surface area contributed by atoms with Crippen LogP contribution >= 0.6 is 0 Å². The highest BCUT2D eigenvalue weighted by atomic mass is 16.2. The summed E-state index contributed by atoms with van der Waals surface area (Å²) in [6, 6.07) is 13.8. The fourth-order valence-electron chi connectivity index (χ4n) is 4.12. The SMILES string of the molecule is CC1CC2C[C@H](C1)N2C(=O)Nc1ccc(C#N)c(-c2ccccn2)c1. The Balaban J connectivity index is 1.56. The van der Waals surface area contributed by atoms with Crippen LogP contribution in [0.15, 0.2) is 42.6 Å². The van der Waals surface area contributed by atoms with Crippen LogP contribution in [-0.4, -0.2) is 28.0 Å². The number of nitriles is 1. The monoisotopic (exact) mass is 332 g/mol. The second kappa shape index (κ2) is 6.21. The highest BCUT2D eigenvalue weighted by Gasteiger charge is 2.46. The van der Waals surface area contributed by atoms with E-state index in [1.54, 1.807) is 18.3 Å². The molecule has 25 heavy (non-hydrogen) atoms. The van der Waals surface area contributed by atoms with Crippen LogP contribution in [0.25, 0.3) is 11.3 Å². The number of hydrogen-bond donors (Lipinski definition) is 1. The number of amides is 2. The Morgan fingerprint density at radius 3 is 2.72 bits per heavy atom. The van der Waals surface area contributed by atoms with Gasteiger partial charge in [0.1, 0.15) is 0 Å². The van der Waals surface area contributed by atoms with Gasteiger partial charge >= 0.3 is 6.03 Å². The minimum absolute atomic E-state index is 0.0372. The molecule has 2 amide bonds. The van der Waals surface area contributed by atoms with E-state index in [2.05, 4.69) is 23.3 Å². The van der Waals surface area contributed by atoms with Crippen molar-refractivity contribution in [3.63, 3.8) is 0 Å². The molecule has 2 aliphatic heterocycles. The summed E-state index contributed by atoms with van der Waals surface area (Å²) in [5, 5.41) is 12.3. The lowest BCUT2D eigenvalue weighted by Gasteiger charge is -2.54. The van der Waals surface area contributed by atoms with Gasteiger partial charge in [0, 0.05) is 29.5 Å². The molecule has 2 saturated heterocycles. The molecule has 5 heteroatoms.